The minimum absolute atomic E-state index is 0.468. The van der Waals surface area contributed by atoms with Crippen molar-refractivity contribution in [2.24, 2.45) is 23.2 Å². The summed E-state index contributed by atoms with van der Waals surface area (Å²) < 4.78 is 5.46. The molecule has 0 N–H and O–H groups in total. The zero-order chi connectivity index (χ0) is 17.2. The van der Waals surface area contributed by atoms with Gasteiger partial charge in [-0.2, -0.15) is 0 Å². The van der Waals surface area contributed by atoms with Gasteiger partial charge >= 0.3 is 0 Å². The monoisotopic (exact) mass is 329 g/mol. The van der Waals surface area contributed by atoms with E-state index in [0.717, 1.165) is 26.3 Å². The molecular weight excluding hydrogens is 294 g/mol. The fraction of sp³-hybridized carbons (Fsp3) is 0.727. The number of rotatable bonds is 4. The van der Waals surface area contributed by atoms with E-state index in [1.165, 1.54) is 37.8 Å². The van der Waals surface area contributed by atoms with Crippen LogP contribution in [-0.2, 0) is 4.74 Å². The normalized spacial score (nSPS) is 34.0. The Bertz CT molecular complexity index is 510. The maximum Gasteiger partial charge on any atom is 0.0594 e. The van der Waals surface area contributed by atoms with Gasteiger partial charge in [0, 0.05) is 19.6 Å². The minimum Gasteiger partial charge on any atom is -0.379 e. The number of nitrogens with zero attached hydrogens (tertiary/aromatic N) is 1. The third kappa shape index (κ3) is 4.40. The smallest absolute Gasteiger partial charge is 0.0594 e. The van der Waals surface area contributed by atoms with Crippen LogP contribution in [0.25, 0.3) is 0 Å². The van der Waals surface area contributed by atoms with Crippen LogP contribution in [0, 0.1) is 23.2 Å². The molecule has 0 spiro atoms. The lowest BCUT2D eigenvalue weighted by molar-refractivity contribution is 0.0334. The van der Waals surface area contributed by atoms with Gasteiger partial charge in [0.25, 0.3) is 0 Å². The molecule has 0 radical (unpaired) electrons. The fourth-order valence-corrected chi connectivity index (χ4v) is 4.73. The molecule has 2 heteroatoms. The highest BCUT2D eigenvalue weighted by Crippen LogP contribution is 2.47. The summed E-state index contributed by atoms with van der Waals surface area (Å²) in [6, 6.07) is 0. The van der Waals surface area contributed by atoms with Gasteiger partial charge in [-0.1, -0.05) is 44.2 Å². The molecule has 1 saturated carbocycles. The molecule has 0 aromatic heterocycles. The van der Waals surface area contributed by atoms with Crippen LogP contribution < -0.4 is 0 Å². The van der Waals surface area contributed by atoms with Gasteiger partial charge in [-0.05, 0) is 61.3 Å². The van der Waals surface area contributed by atoms with Crippen LogP contribution in [0.3, 0.4) is 0 Å². The second-order valence-electron chi connectivity index (χ2n) is 8.94. The van der Waals surface area contributed by atoms with Crippen molar-refractivity contribution in [2.45, 2.75) is 46.5 Å². The molecule has 1 saturated heterocycles. The predicted octanol–water partition coefficient (Wildman–Crippen LogP) is 4.84. The first-order valence-corrected chi connectivity index (χ1v) is 9.78. The van der Waals surface area contributed by atoms with Crippen molar-refractivity contribution >= 4 is 0 Å². The molecule has 2 aliphatic carbocycles. The van der Waals surface area contributed by atoms with Gasteiger partial charge in [0.05, 0.1) is 13.2 Å². The van der Waals surface area contributed by atoms with Crippen LogP contribution in [0.5, 0.6) is 0 Å². The molecule has 1 unspecified atom stereocenters. The van der Waals surface area contributed by atoms with Gasteiger partial charge in [-0.3, -0.25) is 4.90 Å². The maximum absolute atomic E-state index is 5.46. The van der Waals surface area contributed by atoms with Gasteiger partial charge in [-0.25, -0.2) is 0 Å². The lowest BCUT2D eigenvalue weighted by Crippen LogP contribution is -2.39. The van der Waals surface area contributed by atoms with E-state index in [0.29, 0.717) is 23.2 Å². The van der Waals surface area contributed by atoms with E-state index in [4.69, 9.17) is 4.74 Å². The van der Waals surface area contributed by atoms with Crippen LogP contribution >= 0.6 is 0 Å². The van der Waals surface area contributed by atoms with Crippen LogP contribution in [0.2, 0.25) is 0 Å². The molecule has 134 valence electrons. The Kier molecular flexibility index (Phi) is 5.66. The van der Waals surface area contributed by atoms with E-state index in [9.17, 15) is 0 Å². The molecular formula is C22H35NO. The predicted molar refractivity (Wildman–Crippen MR) is 102 cm³/mol. The number of morpholine rings is 1. The minimum atomic E-state index is 0.468. The highest BCUT2D eigenvalue weighted by Gasteiger charge is 2.36. The quantitative estimate of drug-likeness (QED) is 0.684. The van der Waals surface area contributed by atoms with E-state index in [1.807, 2.05) is 0 Å². The van der Waals surface area contributed by atoms with Gasteiger partial charge < -0.3 is 4.74 Å². The van der Waals surface area contributed by atoms with Crippen molar-refractivity contribution < 1.29 is 4.74 Å². The second kappa shape index (κ2) is 7.58. The zero-order valence-electron chi connectivity index (χ0n) is 15.9. The summed E-state index contributed by atoms with van der Waals surface area (Å²) in [5.41, 5.74) is 3.42. The molecule has 3 atom stereocenters. The van der Waals surface area contributed by atoms with Crippen LogP contribution in [-0.4, -0.2) is 37.7 Å². The van der Waals surface area contributed by atoms with Gasteiger partial charge in [0.2, 0.25) is 0 Å². The third-order valence-corrected chi connectivity index (χ3v) is 6.27. The Morgan fingerprint density at radius 3 is 2.71 bits per heavy atom. The molecule has 2 fully saturated rings. The molecule has 2 nitrogen and oxygen atoms in total. The van der Waals surface area contributed by atoms with Crippen LogP contribution in [0.4, 0.5) is 0 Å². The maximum atomic E-state index is 5.46. The van der Waals surface area contributed by atoms with E-state index >= 15 is 0 Å². The van der Waals surface area contributed by atoms with Crippen molar-refractivity contribution in [3.63, 3.8) is 0 Å². The second-order valence-corrected chi connectivity index (χ2v) is 8.94. The summed E-state index contributed by atoms with van der Waals surface area (Å²) in [6.45, 7) is 16.6. The summed E-state index contributed by atoms with van der Waals surface area (Å²) in [7, 11) is 0. The summed E-state index contributed by atoms with van der Waals surface area (Å²) in [5.74, 6) is 2.02. The first kappa shape index (κ1) is 17.9. The number of hydrogen-bond acceptors (Lipinski definition) is 2. The van der Waals surface area contributed by atoms with Crippen molar-refractivity contribution in [3.05, 3.63) is 36.0 Å². The Morgan fingerprint density at radius 1 is 1.33 bits per heavy atom. The van der Waals surface area contributed by atoms with E-state index in [-0.39, 0.29) is 0 Å². The first-order chi connectivity index (χ1) is 11.4. The molecule has 0 bridgehead atoms. The zero-order valence-corrected chi connectivity index (χ0v) is 15.9. The third-order valence-electron chi connectivity index (χ3n) is 6.27. The van der Waals surface area contributed by atoms with Crippen LogP contribution in [0.1, 0.15) is 46.5 Å². The Labute approximate surface area is 148 Å². The van der Waals surface area contributed by atoms with Crippen molar-refractivity contribution in [3.8, 4) is 0 Å². The van der Waals surface area contributed by atoms with Crippen molar-refractivity contribution in [1.82, 2.24) is 4.90 Å². The highest BCUT2D eigenvalue weighted by molar-refractivity contribution is 5.30. The van der Waals surface area contributed by atoms with E-state index in [1.54, 1.807) is 5.57 Å². The standard InChI is InChI=1S/C22H35NO/c1-17(2)20-9-10-22(3,4)15-21(20)19-7-5-18(6-8-19)16-23-11-13-24-14-12-23/h5,7-8,18,20-21H,1,6,9-16H2,2-4H3/t18?,20-,21-/m0/s1. The summed E-state index contributed by atoms with van der Waals surface area (Å²) >= 11 is 0. The lowest BCUT2D eigenvalue weighted by atomic mass is 9.63. The molecule has 24 heavy (non-hydrogen) atoms. The van der Waals surface area contributed by atoms with Gasteiger partial charge in [0.1, 0.15) is 0 Å². The van der Waals surface area contributed by atoms with E-state index < -0.39 is 0 Å². The average Bonchev–Trinajstić information content (AvgIpc) is 2.55. The topological polar surface area (TPSA) is 12.5 Å². The summed E-state index contributed by atoms with van der Waals surface area (Å²) in [4.78, 5) is 2.55. The fourth-order valence-electron chi connectivity index (χ4n) is 4.73. The van der Waals surface area contributed by atoms with E-state index in [2.05, 4.69) is 50.5 Å². The molecule has 0 aromatic rings. The Balaban J connectivity index is 1.62. The number of allylic oxidation sites excluding steroid dienone is 4. The molecule has 1 aliphatic heterocycles. The molecule has 3 rings (SSSR count). The Hall–Kier alpha value is -0.860. The van der Waals surface area contributed by atoms with Gasteiger partial charge in [0.15, 0.2) is 0 Å². The molecule has 0 amide bonds. The average molecular weight is 330 g/mol. The first-order valence-electron chi connectivity index (χ1n) is 9.78. The molecule has 3 aliphatic rings. The lowest BCUT2D eigenvalue weighted by Gasteiger charge is -2.42. The largest absolute Gasteiger partial charge is 0.379 e. The number of ether oxygens (including phenoxy) is 1. The van der Waals surface area contributed by atoms with Gasteiger partial charge in [-0.15, -0.1) is 0 Å². The number of hydrogen-bond donors (Lipinski definition) is 0. The van der Waals surface area contributed by atoms with Crippen molar-refractivity contribution in [2.75, 3.05) is 32.8 Å². The SMILES string of the molecule is C=C(C)[C@@H]1CCC(C)(C)C[C@H]1C1=CCC(CN2CCOCC2)C=C1. The molecule has 0 aromatic carbocycles. The summed E-state index contributed by atoms with van der Waals surface area (Å²) in [6.07, 6.45) is 12.6. The van der Waals surface area contributed by atoms with Crippen molar-refractivity contribution in [1.29, 1.82) is 0 Å². The summed E-state index contributed by atoms with van der Waals surface area (Å²) in [5, 5.41) is 0. The van der Waals surface area contributed by atoms with Crippen LogP contribution in [0.15, 0.2) is 36.0 Å². The highest BCUT2D eigenvalue weighted by atomic mass is 16.5. The molecule has 1 heterocycles. The Morgan fingerprint density at radius 2 is 2.08 bits per heavy atom.